The van der Waals surface area contributed by atoms with Gasteiger partial charge in [-0.05, 0) is 47.5 Å². The van der Waals surface area contributed by atoms with Gasteiger partial charge in [-0.25, -0.2) is 4.39 Å². The second kappa shape index (κ2) is 8.91. The monoisotopic (exact) mass is 456 g/mol. The first kappa shape index (κ1) is 21.5. The van der Waals surface area contributed by atoms with E-state index in [1.165, 1.54) is 12.1 Å². The van der Waals surface area contributed by atoms with Gasteiger partial charge in [0.2, 0.25) is 5.88 Å². The minimum atomic E-state index is -0.607. The maximum atomic E-state index is 13.2. The van der Waals surface area contributed by atoms with Gasteiger partial charge in [0.15, 0.2) is 5.78 Å². The number of halogens is 1. The zero-order valence-electron chi connectivity index (χ0n) is 18.2. The van der Waals surface area contributed by atoms with Gasteiger partial charge in [0.25, 0.3) is 0 Å². The van der Waals surface area contributed by atoms with E-state index in [0.29, 0.717) is 23.5 Å². The molecular formula is C27H21FN2O4. The second-order valence-corrected chi connectivity index (χ2v) is 8.29. The Morgan fingerprint density at radius 2 is 1.85 bits per heavy atom. The van der Waals surface area contributed by atoms with Gasteiger partial charge >= 0.3 is 0 Å². The number of benzene rings is 2. The number of nitrogens with two attached hydrogens (primary N) is 1. The Morgan fingerprint density at radius 1 is 1.09 bits per heavy atom. The van der Waals surface area contributed by atoms with Crippen molar-refractivity contribution in [3.05, 3.63) is 112 Å². The van der Waals surface area contributed by atoms with Crippen molar-refractivity contribution in [3.63, 3.8) is 0 Å². The van der Waals surface area contributed by atoms with E-state index in [1.807, 2.05) is 18.2 Å². The lowest BCUT2D eigenvalue weighted by Crippen LogP contribution is -2.29. The highest BCUT2D eigenvalue weighted by atomic mass is 19.1. The minimum absolute atomic E-state index is 0.00998. The Kier molecular flexibility index (Phi) is 5.64. The van der Waals surface area contributed by atoms with Gasteiger partial charge in [0, 0.05) is 24.3 Å². The number of Topliss-reactive ketones (excluding diaryl/α,β-unsaturated/α-hetero) is 1. The largest absolute Gasteiger partial charge is 0.489 e. The van der Waals surface area contributed by atoms with E-state index >= 15 is 0 Å². The molecule has 0 radical (unpaired) electrons. The van der Waals surface area contributed by atoms with Crippen molar-refractivity contribution >= 4 is 5.78 Å². The molecule has 170 valence electrons. The van der Waals surface area contributed by atoms with Crippen LogP contribution in [-0.2, 0) is 16.1 Å². The van der Waals surface area contributed by atoms with Crippen molar-refractivity contribution in [2.24, 2.45) is 5.73 Å². The van der Waals surface area contributed by atoms with Crippen LogP contribution in [0.1, 0.15) is 41.6 Å². The summed E-state index contributed by atoms with van der Waals surface area (Å²) < 4.78 is 30.1. The molecule has 6 nitrogen and oxygen atoms in total. The maximum Gasteiger partial charge on any atom is 0.205 e. The van der Waals surface area contributed by atoms with E-state index in [0.717, 1.165) is 16.9 Å². The first-order valence-electron chi connectivity index (χ1n) is 10.9. The standard InChI is InChI=1S/C27H21FN2O4/c28-19-7-3-16(4-8-19)15-33-20-9-5-17(6-10-20)25-21(14-29)27(30)34-24-13-18(12-22(31)26(24)25)23-2-1-11-32-23/h1-11,18,25H,12-13,15,30H2/t18-,25+/m1/s1. The molecule has 0 saturated heterocycles. The molecule has 2 heterocycles. The molecule has 1 aromatic heterocycles. The van der Waals surface area contributed by atoms with Gasteiger partial charge < -0.3 is 19.6 Å². The summed E-state index contributed by atoms with van der Waals surface area (Å²) in [5.74, 6) is 0.683. The summed E-state index contributed by atoms with van der Waals surface area (Å²) in [5.41, 5.74) is 8.36. The first-order chi connectivity index (χ1) is 16.5. The number of carbonyl (C=O) groups is 1. The number of nitrogens with zero attached hydrogens (tertiary/aromatic N) is 1. The summed E-state index contributed by atoms with van der Waals surface area (Å²) in [6, 6.07) is 19.0. The first-order valence-corrected chi connectivity index (χ1v) is 10.9. The molecule has 0 amide bonds. The van der Waals surface area contributed by atoms with Crippen LogP contribution >= 0.6 is 0 Å². The van der Waals surface area contributed by atoms with Crippen LogP contribution in [0.2, 0.25) is 0 Å². The molecule has 1 aliphatic heterocycles. The van der Waals surface area contributed by atoms with Crippen LogP contribution < -0.4 is 10.5 Å². The quantitative estimate of drug-likeness (QED) is 0.566. The summed E-state index contributed by atoms with van der Waals surface area (Å²) >= 11 is 0. The van der Waals surface area contributed by atoms with Gasteiger partial charge in [-0.15, -0.1) is 0 Å². The molecule has 0 spiro atoms. The fourth-order valence-corrected chi connectivity index (χ4v) is 4.47. The molecule has 2 N–H and O–H groups in total. The molecule has 0 bridgehead atoms. The maximum absolute atomic E-state index is 13.2. The molecular weight excluding hydrogens is 435 g/mol. The Morgan fingerprint density at radius 3 is 2.53 bits per heavy atom. The molecule has 5 rings (SSSR count). The number of allylic oxidation sites excluding steroid dienone is 3. The number of ketones is 1. The van der Waals surface area contributed by atoms with Crippen LogP contribution in [-0.4, -0.2) is 5.78 Å². The smallest absolute Gasteiger partial charge is 0.205 e. The summed E-state index contributed by atoms with van der Waals surface area (Å²) in [4.78, 5) is 13.2. The molecule has 0 unspecified atom stereocenters. The fourth-order valence-electron chi connectivity index (χ4n) is 4.47. The van der Waals surface area contributed by atoms with Crippen LogP contribution in [0.15, 0.2) is 94.1 Å². The Labute approximate surface area is 195 Å². The number of nitriles is 1. The summed E-state index contributed by atoms with van der Waals surface area (Å²) in [7, 11) is 0. The number of ether oxygens (including phenoxy) is 2. The van der Waals surface area contributed by atoms with Crippen LogP contribution in [0, 0.1) is 17.1 Å². The Hall–Kier alpha value is -4.31. The van der Waals surface area contributed by atoms with E-state index in [4.69, 9.17) is 19.6 Å². The second-order valence-electron chi connectivity index (χ2n) is 8.29. The Balaban J connectivity index is 1.41. The molecule has 2 aliphatic rings. The normalized spacial score (nSPS) is 19.9. The van der Waals surface area contributed by atoms with Crippen LogP contribution in [0.25, 0.3) is 0 Å². The van der Waals surface area contributed by atoms with Gasteiger partial charge in [0.1, 0.15) is 41.3 Å². The molecule has 3 aromatic rings. The zero-order chi connectivity index (χ0) is 23.7. The highest BCUT2D eigenvalue weighted by molar-refractivity contribution is 6.00. The van der Waals surface area contributed by atoms with E-state index in [2.05, 4.69) is 6.07 Å². The van der Waals surface area contributed by atoms with Crippen LogP contribution in [0.3, 0.4) is 0 Å². The third-order valence-corrected chi connectivity index (χ3v) is 6.14. The van der Waals surface area contributed by atoms with E-state index in [-0.39, 0.29) is 42.0 Å². The topological polar surface area (TPSA) is 98.5 Å². The molecule has 1 aliphatic carbocycles. The number of furan rings is 1. The van der Waals surface area contributed by atoms with Crippen molar-refractivity contribution in [3.8, 4) is 11.8 Å². The van der Waals surface area contributed by atoms with Crippen molar-refractivity contribution < 1.29 is 23.1 Å². The summed E-state index contributed by atoms with van der Waals surface area (Å²) in [5, 5.41) is 9.79. The van der Waals surface area contributed by atoms with Crippen molar-refractivity contribution in [2.45, 2.75) is 31.3 Å². The predicted molar refractivity (Wildman–Crippen MR) is 121 cm³/mol. The average Bonchev–Trinajstić information content (AvgIpc) is 3.38. The minimum Gasteiger partial charge on any atom is -0.489 e. The molecule has 7 heteroatoms. The number of hydrogen-bond donors (Lipinski definition) is 1. The SMILES string of the molecule is N#CC1=C(N)OC2=C(C(=O)C[C@@H](c3ccco3)C2)[C@H]1c1ccc(OCc2ccc(F)cc2)cc1. The van der Waals surface area contributed by atoms with E-state index in [1.54, 1.807) is 36.6 Å². The number of carbonyl (C=O) groups excluding carboxylic acids is 1. The summed E-state index contributed by atoms with van der Waals surface area (Å²) in [6.45, 7) is 0.287. The third-order valence-electron chi connectivity index (χ3n) is 6.14. The van der Waals surface area contributed by atoms with Crippen molar-refractivity contribution in [1.82, 2.24) is 0 Å². The summed E-state index contributed by atoms with van der Waals surface area (Å²) in [6.07, 6.45) is 2.31. The molecule has 0 fully saturated rings. The highest BCUT2D eigenvalue weighted by Crippen LogP contribution is 2.46. The number of rotatable bonds is 5. The zero-order valence-corrected chi connectivity index (χ0v) is 18.2. The highest BCUT2D eigenvalue weighted by Gasteiger charge is 2.41. The van der Waals surface area contributed by atoms with Gasteiger partial charge in [-0.2, -0.15) is 5.26 Å². The third kappa shape index (κ3) is 4.06. The molecule has 2 atom stereocenters. The molecule has 0 saturated carbocycles. The van der Waals surface area contributed by atoms with Crippen molar-refractivity contribution in [1.29, 1.82) is 5.26 Å². The van der Waals surface area contributed by atoms with Crippen molar-refractivity contribution in [2.75, 3.05) is 0 Å². The molecule has 34 heavy (non-hydrogen) atoms. The van der Waals surface area contributed by atoms with Gasteiger partial charge in [0.05, 0.1) is 12.2 Å². The average molecular weight is 456 g/mol. The van der Waals surface area contributed by atoms with Crippen LogP contribution in [0.5, 0.6) is 5.75 Å². The fraction of sp³-hybridized carbons (Fsp3) is 0.185. The lowest BCUT2D eigenvalue weighted by molar-refractivity contribution is -0.117. The number of hydrogen-bond acceptors (Lipinski definition) is 6. The van der Waals surface area contributed by atoms with Crippen LogP contribution in [0.4, 0.5) is 4.39 Å². The lowest BCUT2D eigenvalue weighted by atomic mass is 9.74. The van der Waals surface area contributed by atoms with E-state index < -0.39 is 5.92 Å². The van der Waals surface area contributed by atoms with Gasteiger partial charge in [-0.1, -0.05) is 24.3 Å². The van der Waals surface area contributed by atoms with E-state index in [9.17, 15) is 14.4 Å². The lowest BCUT2D eigenvalue weighted by Gasteiger charge is -2.33. The van der Waals surface area contributed by atoms with Gasteiger partial charge in [-0.3, -0.25) is 4.79 Å². The Bertz CT molecular complexity index is 1320. The predicted octanol–water partition coefficient (Wildman–Crippen LogP) is 5.21. The molecule has 2 aromatic carbocycles.